The van der Waals surface area contributed by atoms with E-state index in [-0.39, 0.29) is 11.9 Å². The van der Waals surface area contributed by atoms with Gasteiger partial charge in [-0.1, -0.05) is 12.1 Å². The summed E-state index contributed by atoms with van der Waals surface area (Å²) in [6.45, 7) is 9.15. The molecule has 0 saturated heterocycles. The Bertz CT molecular complexity index is 1050. The lowest BCUT2D eigenvalue weighted by Crippen LogP contribution is -2.28. The van der Waals surface area contributed by atoms with Gasteiger partial charge in [-0.3, -0.25) is 9.59 Å². The monoisotopic (exact) mass is 380 g/mol. The van der Waals surface area contributed by atoms with Gasteiger partial charge in [0.1, 0.15) is 0 Å². The molecule has 7 nitrogen and oxygen atoms in total. The average molecular weight is 380 g/mol. The number of benzene rings is 1. The second-order valence-corrected chi connectivity index (χ2v) is 7.69. The molecule has 7 heteroatoms. The number of hydrogen-bond donors (Lipinski definition) is 2. The molecular formula is C21H24N4O3. The van der Waals surface area contributed by atoms with Crippen molar-refractivity contribution in [1.82, 2.24) is 14.8 Å². The predicted octanol–water partition coefficient (Wildman–Crippen LogP) is 3.94. The number of aliphatic carboxylic acids is 1. The van der Waals surface area contributed by atoms with E-state index in [0.717, 1.165) is 5.69 Å². The van der Waals surface area contributed by atoms with E-state index in [1.807, 2.05) is 20.8 Å². The summed E-state index contributed by atoms with van der Waals surface area (Å²) in [5.41, 5.74) is 2.18. The van der Waals surface area contributed by atoms with Crippen LogP contribution in [-0.4, -0.2) is 31.7 Å². The number of carbonyl (C=O) groups is 2. The number of nitrogens with zero attached hydrogens (tertiary/aromatic N) is 3. The van der Waals surface area contributed by atoms with Gasteiger partial charge in [-0.25, -0.2) is 9.67 Å². The van der Waals surface area contributed by atoms with E-state index in [0.29, 0.717) is 27.8 Å². The van der Waals surface area contributed by atoms with Crippen LogP contribution in [-0.2, 0) is 10.2 Å². The number of nitrogens with one attached hydrogen (secondary N) is 1. The number of carbonyl (C=O) groups excluding carboxylic acids is 1. The number of carboxylic acids is 1. The summed E-state index contributed by atoms with van der Waals surface area (Å²) in [6, 6.07) is 8.72. The number of pyridine rings is 1. The van der Waals surface area contributed by atoms with Crippen molar-refractivity contribution < 1.29 is 14.7 Å². The van der Waals surface area contributed by atoms with Crippen molar-refractivity contribution in [2.45, 2.75) is 46.1 Å². The Labute approximate surface area is 163 Å². The molecule has 2 aromatic heterocycles. The molecule has 0 bridgehead atoms. The number of amides is 1. The minimum absolute atomic E-state index is 0.132. The molecule has 0 aliphatic carbocycles. The van der Waals surface area contributed by atoms with Gasteiger partial charge < -0.3 is 10.4 Å². The van der Waals surface area contributed by atoms with E-state index < -0.39 is 11.4 Å². The standard InChI is InChI=1S/C21H24N4O3/c1-12(2)25-18-17(11-22-25)16(10-13(3)23-18)19(26)24-15-8-6-14(7-9-15)21(4,5)20(27)28/h6-12H,1-5H3,(H,24,26)(H,27,28). The molecule has 0 fully saturated rings. The Hall–Kier alpha value is -3.22. The Morgan fingerprint density at radius 3 is 2.39 bits per heavy atom. The van der Waals surface area contributed by atoms with Gasteiger partial charge in [-0.2, -0.15) is 5.10 Å². The molecular weight excluding hydrogens is 356 g/mol. The lowest BCUT2D eigenvalue weighted by molar-refractivity contribution is -0.142. The number of aromatic nitrogens is 3. The molecule has 0 atom stereocenters. The van der Waals surface area contributed by atoms with E-state index in [4.69, 9.17) is 0 Å². The van der Waals surface area contributed by atoms with Crippen LogP contribution in [0.3, 0.4) is 0 Å². The van der Waals surface area contributed by atoms with Crippen LogP contribution in [0.15, 0.2) is 36.5 Å². The second kappa shape index (κ2) is 7.07. The van der Waals surface area contributed by atoms with Crippen molar-refractivity contribution in [1.29, 1.82) is 0 Å². The van der Waals surface area contributed by atoms with Gasteiger partial charge in [0.15, 0.2) is 5.65 Å². The fourth-order valence-corrected chi connectivity index (χ4v) is 3.00. The maximum Gasteiger partial charge on any atom is 0.313 e. The summed E-state index contributed by atoms with van der Waals surface area (Å²) in [6.07, 6.45) is 1.66. The van der Waals surface area contributed by atoms with Gasteiger partial charge in [0.2, 0.25) is 0 Å². The smallest absolute Gasteiger partial charge is 0.313 e. The SMILES string of the molecule is Cc1cc(C(=O)Nc2ccc(C(C)(C)C(=O)O)cc2)c2cnn(C(C)C)c2n1. The van der Waals surface area contributed by atoms with Crippen LogP contribution in [0.2, 0.25) is 0 Å². The summed E-state index contributed by atoms with van der Waals surface area (Å²) >= 11 is 0. The number of aryl methyl sites for hydroxylation is 1. The average Bonchev–Trinajstić information content (AvgIpc) is 3.05. The molecule has 3 rings (SSSR count). The minimum Gasteiger partial charge on any atom is -0.481 e. The molecule has 2 heterocycles. The maximum atomic E-state index is 12.9. The highest BCUT2D eigenvalue weighted by molar-refractivity contribution is 6.12. The third kappa shape index (κ3) is 3.47. The van der Waals surface area contributed by atoms with Crippen LogP contribution in [0.5, 0.6) is 0 Å². The first-order valence-corrected chi connectivity index (χ1v) is 9.11. The first-order chi connectivity index (χ1) is 13.1. The van der Waals surface area contributed by atoms with Crippen LogP contribution in [0, 0.1) is 6.92 Å². The van der Waals surface area contributed by atoms with Crippen LogP contribution < -0.4 is 5.32 Å². The van der Waals surface area contributed by atoms with Crippen LogP contribution in [0.25, 0.3) is 11.0 Å². The molecule has 146 valence electrons. The van der Waals surface area contributed by atoms with Gasteiger partial charge >= 0.3 is 5.97 Å². The molecule has 2 N–H and O–H groups in total. The third-order valence-electron chi connectivity index (χ3n) is 4.83. The Kier molecular flexibility index (Phi) is 4.93. The summed E-state index contributed by atoms with van der Waals surface area (Å²) in [5, 5.41) is 17.3. The summed E-state index contributed by atoms with van der Waals surface area (Å²) in [4.78, 5) is 28.8. The van der Waals surface area contributed by atoms with E-state index in [9.17, 15) is 14.7 Å². The zero-order chi connectivity index (χ0) is 20.6. The maximum absolute atomic E-state index is 12.9. The van der Waals surface area contributed by atoms with Crippen molar-refractivity contribution >= 4 is 28.6 Å². The molecule has 0 aliphatic heterocycles. The zero-order valence-electron chi connectivity index (χ0n) is 16.6. The van der Waals surface area contributed by atoms with Crippen molar-refractivity contribution in [3.8, 4) is 0 Å². The first kappa shape index (κ1) is 19.5. The second-order valence-electron chi connectivity index (χ2n) is 7.69. The van der Waals surface area contributed by atoms with Gasteiger partial charge in [-0.05, 0) is 58.4 Å². The first-order valence-electron chi connectivity index (χ1n) is 9.11. The largest absolute Gasteiger partial charge is 0.481 e. The van der Waals surface area contributed by atoms with Crippen LogP contribution in [0.4, 0.5) is 5.69 Å². The number of rotatable bonds is 5. The van der Waals surface area contributed by atoms with Gasteiger partial charge in [0.25, 0.3) is 5.91 Å². The Morgan fingerprint density at radius 1 is 1.18 bits per heavy atom. The molecule has 28 heavy (non-hydrogen) atoms. The number of fused-ring (bicyclic) bond motifs is 1. The number of hydrogen-bond acceptors (Lipinski definition) is 4. The van der Waals surface area contributed by atoms with Crippen molar-refractivity contribution in [2.75, 3.05) is 5.32 Å². The van der Waals surface area contributed by atoms with Gasteiger partial charge in [-0.15, -0.1) is 0 Å². The van der Waals surface area contributed by atoms with Crippen LogP contribution >= 0.6 is 0 Å². The van der Waals surface area contributed by atoms with Crippen molar-refractivity contribution in [2.24, 2.45) is 0 Å². The quantitative estimate of drug-likeness (QED) is 0.699. The summed E-state index contributed by atoms with van der Waals surface area (Å²) < 4.78 is 1.79. The highest BCUT2D eigenvalue weighted by Gasteiger charge is 2.29. The van der Waals surface area contributed by atoms with Crippen molar-refractivity contribution in [3.63, 3.8) is 0 Å². The molecule has 0 saturated carbocycles. The van der Waals surface area contributed by atoms with Crippen LogP contribution in [0.1, 0.15) is 55.4 Å². The predicted molar refractivity (Wildman–Crippen MR) is 108 cm³/mol. The van der Waals surface area contributed by atoms with E-state index in [1.165, 1.54) is 0 Å². The van der Waals surface area contributed by atoms with Crippen molar-refractivity contribution in [3.05, 3.63) is 53.3 Å². The number of anilines is 1. The molecule has 1 amide bonds. The molecule has 0 unspecified atom stereocenters. The number of carboxylic acid groups (broad SMARTS) is 1. The topological polar surface area (TPSA) is 97.1 Å². The normalized spacial score (nSPS) is 11.8. The Balaban J connectivity index is 1.91. The molecule has 3 aromatic rings. The fourth-order valence-electron chi connectivity index (χ4n) is 3.00. The lowest BCUT2D eigenvalue weighted by Gasteiger charge is -2.20. The molecule has 1 aromatic carbocycles. The zero-order valence-corrected chi connectivity index (χ0v) is 16.6. The molecule has 0 spiro atoms. The van der Waals surface area contributed by atoms with E-state index in [1.54, 1.807) is 55.1 Å². The van der Waals surface area contributed by atoms with Gasteiger partial charge in [0, 0.05) is 17.4 Å². The molecule has 0 radical (unpaired) electrons. The van der Waals surface area contributed by atoms with Gasteiger partial charge in [0.05, 0.1) is 22.6 Å². The summed E-state index contributed by atoms with van der Waals surface area (Å²) in [5.74, 6) is -1.16. The fraction of sp³-hybridized carbons (Fsp3) is 0.333. The highest BCUT2D eigenvalue weighted by atomic mass is 16.4. The molecule has 0 aliphatic rings. The highest BCUT2D eigenvalue weighted by Crippen LogP contribution is 2.26. The van der Waals surface area contributed by atoms with E-state index in [2.05, 4.69) is 15.4 Å². The summed E-state index contributed by atoms with van der Waals surface area (Å²) in [7, 11) is 0. The third-order valence-corrected chi connectivity index (χ3v) is 4.83. The lowest BCUT2D eigenvalue weighted by atomic mass is 9.85. The van der Waals surface area contributed by atoms with E-state index >= 15 is 0 Å². The minimum atomic E-state index is -0.998. The Morgan fingerprint density at radius 2 is 1.82 bits per heavy atom.